The predicted molar refractivity (Wildman–Crippen MR) is 96.9 cm³/mol. The van der Waals surface area contributed by atoms with Crippen molar-refractivity contribution < 1.29 is 4.79 Å². The zero-order valence-corrected chi connectivity index (χ0v) is 14.5. The number of hydrogen-bond acceptors (Lipinski definition) is 6. The van der Waals surface area contributed by atoms with E-state index in [1.54, 1.807) is 29.1 Å². The summed E-state index contributed by atoms with van der Waals surface area (Å²) < 4.78 is 0. The molecular weight excluding hydrogens is 364 g/mol. The summed E-state index contributed by atoms with van der Waals surface area (Å²) in [5.41, 5.74) is 1.45. The maximum atomic E-state index is 12.1. The van der Waals surface area contributed by atoms with Crippen LogP contribution in [-0.4, -0.2) is 15.9 Å². The number of rotatable bonds is 4. The molecule has 0 atom stereocenters. The van der Waals surface area contributed by atoms with Gasteiger partial charge in [-0.05, 0) is 18.2 Å². The van der Waals surface area contributed by atoms with E-state index in [1.807, 2.05) is 18.2 Å². The Morgan fingerprint density at radius 2 is 2.08 bits per heavy atom. The Labute approximate surface area is 150 Å². The fraction of sp³-hybridized carbons (Fsp3) is 0. The van der Waals surface area contributed by atoms with Crippen LogP contribution < -0.4 is 5.32 Å². The lowest BCUT2D eigenvalue weighted by Crippen LogP contribution is -2.13. The number of anilines is 1. The lowest BCUT2D eigenvalue weighted by Gasteiger charge is -1.98. The molecule has 2 aromatic heterocycles. The molecule has 0 aliphatic carbocycles. The highest BCUT2D eigenvalue weighted by Gasteiger charge is 2.12. The van der Waals surface area contributed by atoms with Gasteiger partial charge < -0.3 is 0 Å². The van der Waals surface area contributed by atoms with Gasteiger partial charge in [0.1, 0.15) is 16.6 Å². The third-order valence-electron chi connectivity index (χ3n) is 2.92. The molecule has 24 heavy (non-hydrogen) atoms. The van der Waals surface area contributed by atoms with Gasteiger partial charge >= 0.3 is 0 Å². The van der Waals surface area contributed by atoms with Crippen LogP contribution in [0.3, 0.4) is 0 Å². The van der Waals surface area contributed by atoms with Crippen molar-refractivity contribution in [1.29, 1.82) is 5.26 Å². The number of carbonyl (C=O) groups is 1. The van der Waals surface area contributed by atoms with E-state index in [0.717, 1.165) is 10.6 Å². The molecular formula is C16H9ClN4OS2. The Bertz CT molecular complexity index is 924. The summed E-state index contributed by atoms with van der Waals surface area (Å²) in [7, 11) is 0. The summed E-state index contributed by atoms with van der Waals surface area (Å²) in [6.45, 7) is 0. The second-order valence-electron chi connectivity index (χ2n) is 4.55. The zero-order valence-electron chi connectivity index (χ0n) is 12.1. The minimum absolute atomic E-state index is 0.0295. The predicted octanol–water partition coefficient (Wildman–Crippen LogP) is 4.47. The zero-order chi connectivity index (χ0) is 16.9. The number of carbonyl (C=O) groups excluding carboxylic acids is 1. The first kappa shape index (κ1) is 16.3. The number of halogens is 1. The maximum absolute atomic E-state index is 12.1. The summed E-state index contributed by atoms with van der Waals surface area (Å²) in [6.07, 6.45) is 3.04. The van der Waals surface area contributed by atoms with Gasteiger partial charge in [0.2, 0.25) is 0 Å². The Morgan fingerprint density at radius 3 is 2.75 bits per heavy atom. The van der Waals surface area contributed by atoms with Gasteiger partial charge in [0.05, 0.1) is 5.69 Å². The number of hydrogen-bond donors (Lipinski definition) is 1. The van der Waals surface area contributed by atoms with Crippen LogP contribution in [-0.2, 0) is 4.79 Å². The van der Waals surface area contributed by atoms with E-state index >= 15 is 0 Å². The Hall–Kier alpha value is -2.53. The average molecular weight is 373 g/mol. The molecule has 0 saturated heterocycles. The van der Waals surface area contributed by atoms with E-state index in [-0.39, 0.29) is 5.57 Å². The first-order chi connectivity index (χ1) is 11.7. The number of amides is 1. The number of nitrogens with one attached hydrogen (secondary N) is 1. The van der Waals surface area contributed by atoms with E-state index in [2.05, 4.69) is 15.3 Å². The standard InChI is InChI=1S/C16H9ClN4OS2/c17-12-3-1-10(2-4-12)15-20-13(9-24-15)7-11(8-18)14(22)21-16-19-5-6-23-16/h1-7,9H,(H,19,21,22)/b11-7+. The van der Waals surface area contributed by atoms with Crippen molar-refractivity contribution in [1.82, 2.24) is 9.97 Å². The minimum Gasteiger partial charge on any atom is -0.297 e. The second kappa shape index (κ2) is 7.36. The quantitative estimate of drug-likeness (QED) is 0.541. The highest BCUT2D eigenvalue weighted by atomic mass is 35.5. The molecule has 1 aromatic carbocycles. The molecule has 118 valence electrons. The molecule has 0 aliphatic heterocycles. The second-order valence-corrected chi connectivity index (χ2v) is 6.73. The van der Waals surface area contributed by atoms with Crippen LogP contribution in [0.5, 0.6) is 0 Å². The molecule has 0 bridgehead atoms. The van der Waals surface area contributed by atoms with Gasteiger partial charge in [-0.2, -0.15) is 5.26 Å². The lowest BCUT2D eigenvalue weighted by atomic mass is 10.2. The van der Waals surface area contributed by atoms with Crippen LogP contribution in [0.4, 0.5) is 5.13 Å². The third kappa shape index (κ3) is 3.86. The van der Waals surface area contributed by atoms with Crippen molar-refractivity contribution in [3.63, 3.8) is 0 Å². The molecule has 0 fully saturated rings. The highest BCUT2D eigenvalue weighted by molar-refractivity contribution is 7.14. The summed E-state index contributed by atoms with van der Waals surface area (Å²) >= 11 is 8.59. The summed E-state index contributed by atoms with van der Waals surface area (Å²) in [6, 6.07) is 9.21. The molecule has 1 amide bonds. The molecule has 1 N–H and O–H groups in total. The van der Waals surface area contributed by atoms with Crippen molar-refractivity contribution in [3.05, 3.63) is 57.5 Å². The molecule has 5 nitrogen and oxygen atoms in total. The van der Waals surface area contributed by atoms with E-state index in [1.165, 1.54) is 28.7 Å². The molecule has 3 rings (SSSR count). The molecule has 3 aromatic rings. The molecule has 0 spiro atoms. The molecule has 0 saturated carbocycles. The van der Waals surface area contributed by atoms with Gasteiger partial charge in [0.25, 0.3) is 5.91 Å². The van der Waals surface area contributed by atoms with Gasteiger partial charge in [-0.25, -0.2) is 9.97 Å². The summed E-state index contributed by atoms with van der Waals surface area (Å²) in [5.74, 6) is -0.506. The van der Waals surface area contributed by atoms with E-state index < -0.39 is 5.91 Å². The van der Waals surface area contributed by atoms with Crippen molar-refractivity contribution >= 4 is 51.4 Å². The summed E-state index contributed by atoms with van der Waals surface area (Å²) in [5, 5.41) is 17.2. The number of thiazole rings is 2. The van der Waals surface area contributed by atoms with Gasteiger partial charge in [-0.15, -0.1) is 22.7 Å². The topological polar surface area (TPSA) is 78.7 Å². The molecule has 0 radical (unpaired) electrons. The molecule has 0 unspecified atom stereocenters. The SMILES string of the molecule is N#C/C(=C\c1csc(-c2ccc(Cl)cc2)n1)C(=O)Nc1nccs1. The van der Waals surface area contributed by atoms with Crippen molar-refractivity contribution in [2.24, 2.45) is 0 Å². The number of nitrogens with zero attached hydrogens (tertiary/aromatic N) is 3. The molecule has 2 heterocycles. The first-order valence-corrected chi connectivity index (χ1v) is 8.83. The smallest absolute Gasteiger partial charge is 0.268 e. The first-order valence-electron chi connectivity index (χ1n) is 6.70. The van der Waals surface area contributed by atoms with Crippen LogP contribution >= 0.6 is 34.3 Å². The lowest BCUT2D eigenvalue weighted by molar-refractivity contribution is -0.112. The number of nitriles is 1. The van der Waals surface area contributed by atoms with Gasteiger partial charge in [0.15, 0.2) is 5.13 Å². The normalized spacial score (nSPS) is 11.1. The van der Waals surface area contributed by atoms with Crippen molar-refractivity contribution in [3.8, 4) is 16.6 Å². The average Bonchev–Trinajstić information content (AvgIpc) is 3.25. The van der Waals surface area contributed by atoms with E-state index in [0.29, 0.717) is 15.8 Å². The maximum Gasteiger partial charge on any atom is 0.268 e. The summed E-state index contributed by atoms with van der Waals surface area (Å²) in [4.78, 5) is 20.5. The third-order valence-corrected chi connectivity index (χ3v) is 4.77. The largest absolute Gasteiger partial charge is 0.297 e. The molecule has 8 heteroatoms. The van der Waals surface area contributed by atoms with Crippen LogP contribution in [0, 0.1) is 11.3 Å². The van der Waals surface area contributed by atoms with Gasteiger partial charge in [-0.1, -0.05) is 23.7 Å². The fourth-order valence-corrected chi connectivity index (χ4v) is 3.26. The highest BCUT2D eigenvalue weighted by Crippen LogP contribution is 2.26. The van der Waals surface area contributed by atoms with Crippen molar-refractivity contribution in [2.45, 2.75) is 0 Å². The van der Waals surface area contributed by atoms with Gasteiger partial charge in [0, 0.05) is 27.5 Å². The van der Waals surface area contributed by atoms with Crippen LogP contribution in [0.1, 0.15) is 5.69 Å². The van der Waals surface area contributed by atoms with E-state index in [4.69, 9.17) is 11.6 Å². The monoisotopic (exact) mass is 372 g/mol. The Morgan fingerprint density at radius 1 is 1.29 bits per heavy atom. The van der Waals surface area contributed by atoms with Crippen molar-refractivity contribution in [2.75, 3.05) is 5.32 Å². The van der Waals surface area contributed by atoms with E-state index in [9.17, 15) is 10.1 Å². The van der Waals surface area contributed by atoms with Crippen LogP contribution in [0.25, 0.3) is 16.6 Å². The minimum atomic E-state index is -0.506. The Balaban J connectivity index is 1.80. The molecule has 0 aliphatic rings. The number of aromatic nitrogens is 2. The number of benzene rings is 1. The van der Waals surface area contributed by atoms with Crippen LogP contribution in [0.2, 0.25) is 5.02 Å². The van der Waals surface area contributed by atoms with Gasteiger partial charge in [-0.3, -0.25) is 10.1 Å². The van der Waals surface area contributed by atoms with Crippen LogP contribution in [0.15, 0.2) is 46.8 Å². The Kier molecular flexibility index (Phi) is 5.01. The fourth-order valence-electron chi connectivity index (χ4n) is 1.82.